The summed E-state index contributed by atoms with van der Waals surface area (Å²) in [5.74, 6) is -6.96. The molecule has 0 radical (unpaired) electrons. The maximum atomic E-state index is 15.2. The van der Waals surface area contributed by atoms with Gasteiger partial charge in [0.25, 0.3) is 5.24 Å². The monoisotopic (exact) mass is 2030 g/mol. The molecule has 12 aromatic rings. The molecule has 0 amide bonds. The number of aromatic nitrogens is 5. The number of nitrogens with zero attached hydrogens (tertiary/aromatic N) is 4. The van der Waals surface area contributed by atoms with Crippen molar-refractivity contribution >= 4 is 121 Å². The quantitative estimate of drug-likeness (QED) is 0.0113. The number of aromatic amines is 1. The molecule has 0 spiro atoms. The van der Waals surface area contributed by atoms with Gasteiger partial charge in [0.05, 0.1) is 108 Å². The van der Waals surface area contributed by atoms with Crippen LogP contribution in [-0.4, -0.2) is 157 Å². The summed E-state index contributed by atoms with van der Waals surface area (Å²) in [6.45, 7) is 26.7. The highest BCUT2D eigenvalue weighted by Gasteiger charge is 2.29. The number of carbonyl (C=O) groups is 11. The minimum Gasteiger partial charge on any atom is -0.465 e. The molecule has 137 heavy (non-hydrogen) atoms. The van der Waals surface area contributed by atoms with Crippen LogP contribution in [-0.2, 0) is 70.5 Å². The fourth-order valence-corrected chi connectivity index (χ4v) is 13.8. The average molecular weight is 2040 g/mol. The van der Waals surface area contributed by atoms with Gasteiger partial charge in [-0.05, 0) is 236 Å². The zero-order chi connectivity index (χ0) is 102. The van der Waals surface area contributed by atoms with Crippen LogP contribution in [0.25, 0.3) is 22.3 Å². The van der Waals surface area contributed by atoms with Gasteiger partial charge in [0.1, 0.15) is 40.1 Å². The topological polar surface area (TPSA) is 338 Å². The highest BCUT2D eigenvalue weighted by molar-refractivity contribution is 9.10. The van der Waals surface area contributed by atoms with Crippen LogP contribution < -0.4 is 5.46 Å². The van der Waals surface area contributed by atoms with Crippen LogP contribution in [0.1, 0.15) is 252 Å². The van der Waals surface area contributed by atoms with E-state index in [2.05, 4.69) is 58.0 Å². The molecule has 0 aliphatic heterocycles. The summed E-state index contributed by atoms with van der Waals surface area (Å²) >= 11 is 11.3. The number of hydrogen-bond donors (Lipinski definition) is 3. The van der Waals surface area contributed by atoms with E-state index in [0.717, 1.165) is 44.5 Å². The number of ketones is 2. The first-order valence-corrected chi connectivity index (χ1v) is 45.1. The van der Waals surface area contributed by atoms with Gasteiger partial charge in [-0.15, -0.1) is 0 Å². The lowest BCUT2D eigenvalue weighted by molar-refractivity contribution is 0.00578. The molecular formula is C103H111BBr2ClF4N5O21. The van der Waals surface area contributed by atoms with Gasteiger partial charge in [-0.1, -0.05) is 132 Å². The van der Waals surface area contributed by atoms with E-state index in [0.29, 0.717) is 84.1 Å². The highest BCUT2D eigenvalue weighted by atomic mass is 79.9. The number of aryl methyl sites for hydroxylation is 4. The average Bonchev–Trinajstić information content (AvgIpc) is 1.53. The number of rotatable bonds is 26. The first-order chi connectivity index (χ1) is 64.7. The molecule has 0 unspecified atom stereocenters. The molecule has 26 nitrogen and oxygen atoms in total. The van der Waals surface area contributed by atoms with Gasteiger partial charge >= 0.3 is 54.9 Å². The Kier molecular flexibility index (Phi) is 43.7. The molecule has 0 saturated heterocycles. The van der Waals surface area contributed by atoms with E-state index in [1.165, 1.54) is 108 Å². The van der Waals surface area contributed by atoms with Crippen molar-refractivity contribution in [1.82, 2.24) is 23.3 Å². The minimum absolute atomic E-state index is 0.0323. The van der Waals surface area contributed by atoms with Gasteiger partial charge in [-0.3, -0.25) is 14.4 Å². The number of halogens is 7. The Hall–Kier alpha value is -13.3. The van der Waals surface area contributed by atoms with E-state index in [-0.39, 0.29) is 68.0 Å². The van der Waals surface area contributed by atoms with Crippen LogP contribution in [0, 0.1) is 23.3 Å². The normalized spacial score (nSPS) is 10.7. The van der Waals surface area contributed by atoms with Gasteiger partial charge in [0.15, 0.2) is 0 Å². The molecule has 34 heteroatoms. The van der Waals surface area contributed by atoms with Crippen molar-refractivity contribution in [1.29, 1.82) is 0 Å². The smallest absolute Gasteiger partial charge is 0.465 e. The minimum atomic E-state index is -1.68. The SMILES string of the molecule is CC(C)(C)OC(=O)c1ccccc1B(O)O.CCCn1cc(C(=O)OC)cc1C(=O)c1ccc(-c2ccccc2C(=O)OC(C)(C)C)cc1F.CCCn1cc(C(=O)OC)cc1C(=O)c1ccc(Br)cc1F.CCCn1cc(C(=O)OC)cc1Cc1ccc(-c2ccccc2C(=O)OC(C)(C)C)cc1F.CCCn1ccc(C(=O)OC)c1.COC(=O)c1cc[nH]c1.O=C(Cl)c1ccc(Br)cc1F. The maximum Gasteiger partial charge on any atom is 0.489 e. The highest BCUT2D eigenvalue weighted by Crippen LogP contribution is 2.33. The summed E-state index contributed by atoms with van der Waals surface area (Å²) in [5, 5.41) is 17.4. The molecule has 0 fully saturated rings. The summed E-state index contributed by atoms with van der Waals surface area (Å²) in [5.41, 5.74) is 4.89. The largest absolute Gasteiger partial charge is 0.489 e. The van der Waals surface area contributed by atoms with Gasteiger partial charge in [0.2, 0.25) is 11.6 Å². The Labute approximate surface area is 815 Å². The first kappa shape index (κ1) is 112. The van der Waals surface area contributed by atoms with E-state index in [1.807, 2.05) is 56.9 Å². The molecule has 5 heterocycles. The molecule has 3 N–H and O–H groups in total. The van der Waals surface area contributed by atoms with Crippen LogP contribution in [0.15, 0.2) is 228 Å². The lowest BCUT2D eigenvalue weighted by Crippen LogP contribution is -2.36. The second kappa shape index (κ2) is 53.2. The number of methoxy groups -OCH3 is 5. The third-order valence-electron chi connectivity index (χ3n) is 19.1. The number of H-pyrrole nitrogens is 1. The number of hydrogen-bond acceptors (Lipinski definition) is 21. The van der Waals surface area contributed by atoms with Crippen molar-refractivity contribution in [3.05, 3.63) is 335 Å². The summed E-state index contributed by atoms with van der Waals surface area (Å²) in [6.07, 6.45) is 15.6. The second-order valence-corrected chi connectivity index (χ2v) is 35.3. The zero-order valence-electron chi connectivity index (χ0n) is 79.3. The van der Waals surface area contributed by atoms with Crippen molar-refractivity contribution in [3.8, 4) is 22.3 Å². The van der Waals surface area contributed by atoms with Crippen molar-refractivity contribution in [2.45, 2.75) is 165 Å². The van der Waals surface area contributed by atoms with Gasteiger partial charge < -0.3 is 71.2 Å². The van der Waals surface area contributed by atoms with E-state index >= 15 is 8.78 Å². The maximum absolute atomic E-state index is 15.2. The van der Waals surface area contributed by atoms with E-state index < -0.39 is 94.0 Å². The number of carbonyl (C=O) groups excluding carboxylic acids is 11. The Morgan fingerprint density at radius 2 is 0.759 bits per heavy atom. The third kappa shape index (κ3) is 34.2. The third-order valence-corrected chi connectivity index (χ3v) is 20.3. The van der Waals surface area contributed by atoms with E-state index in [9.17, 15) is 61.5 Å². The molecule has 0 aliphatic carbocycles. The lowest BCUT2D eigenvalue weighted by Gasteiger charge is -2.20. The molecule has 5 aromatic heterocycles. The summed E-state index contributed by atoms with van der Waals surface area (Å²) < 4.78 is 105. The van der Waals surface area contributed by atoms with Gasteiger partial charge in [0, 0.05) is 90.6 Å². The van der Waals surface area contributed by atoms with Crippen molar-refractivity contribution < 1.29 is 118 Å². The number of esters is 8. The summed E-state index contributed by atoms with van der Waals surface area (Å²) in [4.78, 5) is 133. The molecule has 12 rings (SSSR count). The molecule has 0 saturated carbocycles. The standard InChI is InChI=1S/C27H28FNO5.C27H30FNO4.C16H15BrFNO3.C11H15BO4.C9H13NO2.C7H3BrClFO.C6H7NO2/c1-6-13-29-16-18(25(31)33-5)15-23(29)24(30)21-12-11-17(14-22(21)28)19-9-7-8-10-20(19)26(32)34-27(2,3)4;1-6-13-29-17-20(25(30)32-5)15-21(29)14-19-12-11-18(16-24(19)28)22-9-7-8-10-23(22)26(31)33-27(2,3)4;1-3-6-19-9-10(16(21)22-2)7-14(19)15(20)12-5-4-11(17)8-13(12)18;1-11(2,3)16-10(13)8-6-4-5-7-9(8)12(14)15;1-3-5-10-6-4-8(7-10)9(11)12-2;8-4-1-2-5(7(9)11)6(10)3-4;1-9-6(8)5-2-3-7-4-5/h7-12,14-16H,6,13H2,1-5H3;7-12,15-17H,6,13-14H2,1-5H3;4-5,7-9H,3,6H2,1-2H3;4-7,14-15H,1-3H3;4,6-7H,3,5H2,1-2H3;1-3H;2-4,7H,1H3. The van der Waals surface area contributed by atoms with Crippen molar-refractivity contribution in [2.24, 2.45) is 0 Å². The summed E-state index contributed by atoms with van der Waals surface area (Å²) in [7, 11) is 4.94. The Morgan fingerprint density at radius 3 is 1.16 bits per heavy atom. The molecular weight excluding hydrogens is 1930 g/mol. The zero-order valence-corrected chi connectivity index (χ0v) is 83.2. The van der Waals surface area contributed by atoms with Crippen LogP contribution in [0.5, 0.6) is 0 Å². The predicted octanol–water partition coefficient (Wildman–Crippen LogP) is 21.3. The van der Waals surface area contributed by atoms with Gasteiger partial charge in [-0.25, -0.2) is 55.9 Å². The lowest BCUT2D eigenvalue weighted by atomic mass is 9.77. The van der Waals surface area contributed by atoms with Crippen LogP contribution in [0.2, 0.25) is 0 Å². The molecule has 0 aliphatic rings. The fourth-order valence-electron chi connectivity index (χ4n) is 13.0. The van der Waals surface area contributed by atoms with Crippen LogP contribution in [0.3, 0.4) is 0 Å². The molecule has 0 atom stereocenters. The van der Waals surface area contributed by atoms with Crippen LogP contribution in [0.4, 0.5) is 17.6 Å². The van der Waals surface area contributed by atoms with Crippen molar-refractivity contribution in [2.75, 3.05) is 35.5 Å². The number of benzene rings is 7. The van der Waals surface area contributed by atoms with Gasteiger partial charge in [-0.2, -0.15) is 0 Å². The first-order valence-electron chi connectivity index (χ1n) is 43.1. The van der Waals surface area contributed by atoms with Crippen LogP contribution >= 0.6 is 43.5 Å². The number of nitrogens with one attached hydrogen (secondary N) is 1. The van der Waals surface area contributed by atoms with Crippen molar-refractivity contribution in [3.63, 3.8) is 0 Å². The fraction of sp³-hybridized carbons (Fsp3) is 0.291. The van der Waals surface area contributed by atoms with E-state index in [4.69, 9.17) is 45.3 Å². The molecule has 0 bridgehead atoms. The number of ether oxygens (including phenoxy) is 8. The second-order valence-electron chi connectivity index (χ2n) is 33.1. The Morgan fingerprint density at radius 1 is 0.387 bits per heavy atom. The molecule has 7 aromatic carbocycles. The Bertz CT molecular complexity index is 6200. The molecule has 726 valence electrons. The summed E-state index contributed by atoms with van der Waals surface area (Å²) in [6, 6.07) is 45.6. The van der Waals surface area contributed by atoms with E-state index in [1.54, 1.807) is 191 Å². The Balaban J connectivity index is 0.000000258. The predicted molar refractivity (Wildman–Crippen MR) is 520 cm³/mol.